The average molecular weight is 667 g/mol. The number of benzene rings is 1. The molecule has 12 heteroatoms. The Kier molecular flexibility index (Phi) is 10.4. The van der Waals surface area contributed by atoms with E-state index in [1.165, 1.54) is 4.90 Å². The molecule has 1 unspecified atom stereocenters. The SMILES string of the molecule is CN(C[C@@H](NC(=O)N[C@H](C(=O)N1C[C@H]2[C@@H]([C@H]1C(=O)NC(CC1CC1)C(=O)C(N)=O)C2(C)C)C(C)(C)C)C(C)(C)C)C(=O)c1ccccc1. The van der Waals surface area contributed by atoms with Crippen LogP contribution in [0, 0.1) is 34.0 Å². The van der Waals surface area contributed by atoms with Gasteiger partial charge in [0.25, 0.3) is 11.8 Å². The van der Waals surface area contributed by atoms with Gasteiger partial charge in [-0.2, -0.15) is 0 Å². The van der Waals surface area contributed by atoms with Crippen molar-refractivity contribution in [2.75, 3.05) is 20.1 Å². The summed E-state index contributed by atoms with van der Waals surface area (Å²) in [4.78, 5) is 82.5. The fourth-order valence-electron chi connectivity index (χ4n) is 7.00. The summed E-state index contributed by atoms with van der Waals surface area (Å²) in [6.45, 7) is 16.1. The van der Waals surface area contributed by atoms with E-state index in [2.05, 4.69) is 29.8 Å². The normalized spacial score (nSPS) is 23.2. The van der Waals surface area contributed by atoms with E-state index in [-0.39, 0.29) is 35.6 Å². The Balaban J connectivity index is 1.50. The van der Waals surface area contributed by atoms with E-state index in [0.717, 1.165) is 12.8 Å². The zero-order valence-corrected chi connectivity index (χ0v) is 29.9. The molecule has 1 saturated heterocycles. The minimum Gasteiger partial charge on any atom is -0.363 e. The number of nitrogens with two attached hydrogens (primary N) is 1. The number of nitrogens with one attached hydrogen (secondary N) is 3. The number of piperidine rings is 1. The van der Waals surface area contributed by atoms with Crippen LogP contribution >= 0.6 is 0 Å². The summed E-state index contributed by atoms with van der Waals surface area (Å²) in [5.74, 6) is -2.82. The van der Waals surface area contributed by atoms with Gasteiger partial charge in [0.05, 0.1) is 12.1 Å². The van der Waals surface area contributed by atoms with Gasteiger partial charge in [-0.25, -0.2) is 4.79 Å². The van der Waals surface area contributed by atoms with E-state index >= 15 is 0 Å². The number of urea groups is 1. The summed E-state index contributed by atoms with van der Waals surface area (Å²) in [5.41, 5.74) is 4.49. The Bertz CT molecular complexity index is 1430. The van der Waals surface area contributed by atoms with Crippen molar-refractivity contribution < 1.29 is 28.8 Å². The van der Waals surface area contributed by atoms with Gasteiger partial charge >= 0.3 is 6.03 Å². The van der Waals surface area contributed by atoms with Crippen molar-refractivity contribution in [1.29, 1.82) is 0 Å². The molecule has 5 N–H and O–H groups in total. The van der Waals surface area contributed by atoms with Gasteiger partial charge in [-0.1, -0.05) is 86.4 Å². The summed E-state index contributed by atoms with van der Waals surface area (Å²) in [7, 11) is 1.69. The smallest absolute Gasteiger partial charge is 0.315 e. The molecule has 1 heterocycles. The summed E-state index contributed by atoms with van der Waals surface area (Å²) in [6.07, 6.45) is 2.17. The highest BCUT2D eigenvalue weighted by Gasteiger charge is 2.70. The van der Waals surface area contributed by atoms with Crippen molar-refractivity contribution >= 4 is 35.4 Å². The maximum atomic E-state index is 14.4. The summed E-state index contributed by atoms with van der Waals surface area (Å²) in [5, 5.41) is 8.68. The number of rotatable bonds is 12. The van der Waals surface area contributed by atoms with Crippen LogP contribution in [0.4, 0.5) is 4.79 Å². The van der Waals surface area contributed by atoms with Gasteiger partial charge in [0.1, 0.15) is 12.1 Å². The van der Waals surface area contributed by atoms with E-state index < -0.39 is 64.5 Å². The lowest BCUT2D eigenvalue weighted by Crippen LogP contribution is -2.62. The largest absolute Gasteiger partial charge is 0.363 e. The van der Waals surface area contributed by atoms with Crippen LogP contribution in [-0.2, 0) is 19.2 Å². The second-order valence-corrected chi connectivity index (χ2v) is 16.7. The standard InChI is InChI=1S/C36H54N6O6/c1-34(2,3)24(19-41(9)31(46)21-13-11-10-12-14-21)39-33(48)40-28(35(4,5)6)32(47)42-18-22-25(36(22,7)8)26(42)30(45)38-23(17-20-15-16-20)27(43)29(37)44/h10-14,20,22-26,28H,15-19H2,1-9H3,(H2,37,44)(H,38,45)(H2,39,40,48)/t22-,23?,24+,25-,26-,28+/m0/s1. The molecule has 1 aromatic rings. The molecule has 6 amide bonds. The minimum atomic E-state index is -1.10. The van der Waals surface area contributed by atoms with Crippen LogP contribution in [-0.4, -0.2) is 89.5 Å². The predicted molar refractivity (Wildman–Crippen MR) is 181 cm³/mol. The van der Waals surface area contributed by atoms with E-state index in [4.69, 9.17) is 5.73 Å². The number of hydrogen-bond donors (Lipinski definition) is 4. The topological polar surface area (TPSA) is 171 Å². The Morgan fingerprint density at radius 2 is 1.54 bits per heavy atom. The molecule has 3 aliphatic rings. The Hall–Kier alpha value is -3.96. The van der Waals surface area contributed by atoms with E-state index in [1.54, 1.807) is 36.2 Å². The van der Waals surface area contributed by atoms with Crippen molar-refractivity contribution in [3.05, 3.63) is 35.9 Å². The van der Waals surface area contributed by atoms with Crippen LogP contribution in [0.25, 0.3) is 0 Å². The van der Waals surface area contributed by atoms with Crippen molar-refractivity contribution in [3.63, 3.8) is 0 Å². The molecule has 1 aromatic carbocycles. The van der Waals surface area contributed by atoms with Crippen LogP contribution in [0.2, 0.25) is 0 Å². The van der Waals surface area contributed by atoms with Gasteiger partial charge in [-0.15, -0.1) is 0 Å². The number of fused-ring (bicyclic) bond motifs is 1. The van der Waals surface area contributed by atoms with E-state index in [0.29, 0.717) is 18.5 Å². The van der Waals surface area contributed by atoms with Gasteiger partial charge < -0.3 is 31.5 Å². The molecule has 48 heavy (non-hydrogen) atoms. The quantitative estimate of drug-likeness (QED) is 0.250. The van der Waals surface area contributed by atoms with Crippen LogP contribution < -0.4 is 21.7 Å². The Morgan fingerprint density at radius 1 is 0.938 bits per heavy atom. The monoisotopic (exact) mass is 666 g/mol. The Labute approximate surface area is 284 Å². The highest BCUT2D eigenvalue weighted by molar-refractivity contribution is 6.37. The molecule has 0 radical (unpaired) electrons. The number of amides is 6. The molecule has 4 rings (SSSR count). The van der Waals surface area contributed by atoms with Gasteiger partial charge in [0, 0.05) is 25.7 Å². The summed E-state index contributed by atoms with van der Waals surface area (Å²) >= 11 is 0. The summed E-state index contributed by atoms with van der Waals surface area (Å²) in [6, 6.07) is 4.99. The minimum absolute atomic E-state index is 0.0725. The second-order valence-electron chi connectivity index (χ2n) is 16.7. The third-order valence-electron chi connectivity index (χ3n) is 10.5. The third-order valence-corrected chi connectivity index (χ3v) is 10.5. The van der Waals surface area contributed by atoms with Crippen molar-refractivity contribution in [2.24, 2.45) is 39.7 Å². The van der Waals surface area contributed by atoms with Crippen LogP contribution in [0.5, 0.6) is 0 Å². The first kappa shape index (κ1) is 36.9. The lowest BCUT2D eigenvalue weighted by Gasteiger charge is -2.39. The second kappa shape index (κ2) is 13.5. The highest BCUT2D eigenvalue weighted by atomic mass is 16.2. The zero-order valence-electron chi connectivity index (χ0n) is 29.9. The molecule has 0 spiro atoms. The molecular formula is C36H54N6O6. The Morgan fingerprint density at radius 3 is 2.06 bits per heavy atom. The molecule has 3 fully saturated rings. The molecule has 6 atom stereocenters. The number of hydrogen-bond acceptors (Lipinski definition) is 6. The first-order chi connectivity index (χ1) is 22.1. The first-order valence-corrected chi connectivity index (χ1v) is 17.0. The number of carbonyl (C=O) groups is 6. The molecule has 0 bridgehead atoms. The number of likely N-dealkylation sites (N-methyl/N-ethyl adjacent to an activating group) is 1. The number of nitrogens with zero attached hydrogens (tertiary/aromatic N) is 2. The first-order valence-electron chi connectivity index (χ1n) is 17.0. The van der Waals surface area contributed by atoms with Crippen molar-refractivity contribution in [2.45, 2.75) is 98.8 Å². The van der Waals surface area contributed by atoms with Crippen LogP contribution in [0.3, 0.4) is 0 Å². The number of Topliss-reactive ketones (excluding diaryl/α,β-unsaturated/α-hetero) is 1. The number of ketones is 1. The van der Waals surface area contributed by atoms with Gasteiger partial charge in [0.2, 0.25) is 17.6 Å². The third kappa shape index (κ3) is 8.18. The summed E-state index contributed by atoms with van der Waals surface area (Å²) < 4.78 is 0. The zero-order chi connectivity index (χ0) is 35.9. The molecule has 0 aromatic heterocycles. The van der Waals surface area contributed by atoms with Crippen LogP contribution in [0.1, 0.15) is 85.0 Å². The van der Waals surface area contributed by atoms with Crippen molar-refractivity contribution in [1.82, 2.24) is 25.8 Å². The predicted octanol–water partition coefficient (Wildman–Crippen LogP) is 2.71. The molecule has 2 aliphatic carbocycles. The number of carbonyl (C=O) groups excluding carboxylic acids is 6. The molecule has 12 nitrogen and oxygen atoms in total. The maximum absolute atomic E-state index is 14.4. The lowest BCUT2D eigenvalue weighted by molar-refractivity contribution is -0.145. The van der Waals surface area contributed by atoms with Gasteiger partial charge in [0.15, 0.2) is 0 Å². The maximum Gasteiger partial charge on any atom is 0.315 e. The number of likely N-dealkylation sites (tertiary alicyclic amines) is 1. The van der Waals surface area contributed by atoms with E-state index in [9.17, 15) is 28.8 Å². The van der Waals surface area contributed by atoms with Crippen molar-refractivity contribution in [3.8, 4) is 0 Å². The van der Waals surface area contributed by atoms with Gasteiger partial charge in [-0.3, -0.25) is 24.0 Å². The molecule has 1 aliphatic heterocycles. The number of primary amides is 1. The molecule has 2 saturated carbocycles. The fourth-order valence-corrected chi connectivity index (χ4v) is 7.00. The fraction of sp³-hybridized carbons (Fsp3) is 0.667. The average Bonchev–Trinajstić information content (AvgIpc) is 3.84. The molecule has 264 valence electrons. The van der Waals surface area contributed by atoms with E-state index in [1.807, 2.05) is 47.6 Å². The molecular weight excluding hydrogens is 612 g/mol. The van der Waals surface area contributed by atoms with Gasteiger partial charge in [-0.05, 0) is 52.6 Å². The lowest BCUT2D eigenvalue weighted by atomic mass is 9.85. The highest BCUT2D eigenvalue weighted by Crippen LogP contribution is 2.65. The van der Waals surface area contributed by atoms with Crippen LogP contribution in [0.15, 0.2) is 30.3 Å².